The summed E-state index contributed by atoms with van der Waals surface area (Å²) in [4.78, 5) is 70.6. The number of methoxy groups -OCH3 is 2. The Morgan fingerprint density at radius 2 is 1.35 bits per heavy atom. The van der Waals surface area contributed by atoms with Crippen LogP contribution in [0.4, 0.5) is 9.59 Å². The molecule has 1 saturated carbocycles. The van der Waals surface area contributed by atoms with Crippen molar-refractivity contribution < 1.29 is 28.7 Å². The molecule has 8 rings (SSSR count). The third-order valence-corrected chi connectivity index (χ3v) is 13.5. The number of amides is 3. The summed E-state index contributed by atoms with van der Waals surface area (Å²) in [5, 5.41) is 17.5. The predicted octanol–water partition coefficient (Wildman–Crippen LogP) is 9.66. The number of benzene rings is 4. The van der Waals surface area contributed by atoms with E-state index >= 15 is 0 Å². The Bertz CT molecular complexity index is 2740. The number of Topliss-reactive ketones (excluding diaryl/α,β-unsaturated/α-hetero) is 1. The Morgan fingerprint density at radius 3 is 2.03 bits per heavy atom. The largest absolute Gasteiger partial charge is 0.453 e. The Balaban J connectivity index is 0.957. The SMILES string of the molecule is COC(=O)NC(C(=O)N1CC(C#N)CC1c1ncc(-c2ccc3cc(-c4ccc(-c5cnc(C6CCCCC(C(=O)C(NC(=O)OC)C(C)C)C6C)[nH]5)cc4)ccc3c2)[nH]1)c1ccccc1. The molecule has 1 aliphatic heterocycles. The maximum atomic E-state index is 14.1. The smallest absolute Gasteiger partial charge is 0.407 e. The van der Waals surface area contributed by atoms with Crippen LogP contribution in [-0.4, -0.2) is 75.5 Å². The van der Waals surface area contributed by atoms with Crippen molar-refractivity contribution in [3.63, 3.8) is 0 Å². The number of imidazole rings is 2. The predicted molar refractivity (Wildman–Crippen MR) is 250 cm³/mol. The van der Waals surface area contributed by atoms with Gasteiger partial charge in [0.05, 0.1) is 62.1 Å². The second-order valence-corrected chi connectivity index (χ2v) is 17.9. The fourth-order valence-corrected chi connectivity index (χ4v) is 9.77. The van der Waals surface area contributed by atoms with Gasteiger partial charge in [0.15, 0.2) is 5.78 Å². The maximum absolute atomic E-state index is 14.1. The van der Waals surface area contributed by atoms with Crippen molar-refractivity contribution in [2.45, 2.75) is 76.9 Å². The van der Waals surface area contributed by atoms with E-state index in [9.17, 15) is 24.4 Å². The highest BCUT2D eigenvalue weighted by Crippen LogP contribution is 2.41. The van der Waals surface area contributed by atoms with Crippen LogP contribution in [0.15, 0.2) is 103 Å². The number of rotatable bonds is 12. The molecule has 66 heavy (non-hydrogen) atoms. The molecule has 3 amide bonds. The topological polar surface area (TPSA) is 195 Å². The molecule has 14 heteroatoms. The van der Waals surface area contributed by atoms with E-state index in [0.717, 1.165) is 75.9 Å². The van der Waals surface area contributed by atoms with Gasteiger partial charge in [-0.15, -0.1) is 0 Å². The quantitative estimate of drug-likeness (QED) is 0.0865. The van der Waals surface area contributed by atoms with Crippen molar-refractivity contribution in [1.29, 1.82) is 5.26 Å². The minimum atomic E-state index is -1.00. The Hall–Kier alpha value is -7.27. The first kappa shape index (κ1) is 45.3. The molecule has 1 aliphatic carbocycles. The monoisotopic (exact) mass is 888 g/mol. The summed E-state index contributed by atoms with van der Waals surface area (Å²) in [6.45, 7) is 6.24. The van der Waals surface area contributed by atoms with Gasteiger partial charge in [-0.05, 0) is 76.3 Å². The van der Waals surface area contributed by atoms with Crippen LogP contribution in [-0.2, 0) is 19.1 Å². The first-order valence-corrected chi connectivity index (χ1v) is 22.7. The molecule has 0 spiro atoms. The van der Waals surface area contributed by atoms with Crippen molar-refractivity contribution >= 4 is 34.6 Å². The average Bonchev–Trinajstić information content (AvgIpc) is 4.11. The molecule has 14 nitrogen and oxygen atoms in total. The van der Waals surface area contributed by atoms with E-state index in [1.54, 1.807) is 35.4 Å². The molecular formula is C52H56N8O6. The lowest BCUT2D eigenvalue weighted by Crippen LogP contribution is -2.48. The van der Waals surface area contributed by atoms with Gasteiger partial charge >= 0.3 is 12.2 Å². The van der Waals surface area contributed by atoms with E-state index in [1.165, 1.54) is 14.2 Å². The molecule has 7 unspecified atom stereocenters. The summed E-state index contributed by atoms with van der Waals surface area (Å²) in [7, 11) is 2.56. The Labute approximate surface area is 384 Å². The Kier molecular flexibility index (Phi) is 13.6. The van der Waals surface area contributed by atoms with E-state index in [-0.39, 0.29) is 41.9 Å². The molecule has 2 fully saturated rings. The molecule has 2 aliphatic rings. The van der Waals surface area contributed by atoms with E-state index < -0.39 is 36.2 Å². The molecule has 2 aromatic heterocycles. The minimum Gasteiger partial charge on any atom is -0.453 e. The van der Waals surface area contributed by atoms with Gasteiger partial charge < -0.3 is 35.0 Å². The molecule has 6 aromatic rings. The second-order valence-electron chi connectivity index (χ2n) is 17.9. The van der Waals surface area contributed by atoms with E-state index in [2.05, 4.69) is 88.2 Å². The van der Waals surface area contributed by atoms with Crippen molar-refractivity contribution in [3.8, 4) is 39.7 Å². The van der Waals surface area contributed by atoms with Crippen LogP contribution < -0.4 is 10.6 Å². The van der Waals surface area contributed by atoms with Gasteiger partial charge in [0, 0.05) is 23.9 Å². The van der Waals surface area contributed by atoms with Gasteiger partial charge in [0.1, 0.15) is 17.7 Å². The van der Waals surface area contributed by atoms with Crippen LogP contribution >= 0.6 is 0 Å². The van der Waals surface area contributed by atoms with Crippen LogP contribution in [0.25, 0.3) is 44.4 Å². The number of H-pyrrole nitrogens is 2. The average molecular weight is 889 g/mol. The van der Waals surface area contributed by atoms with E-state index in [0.29, 0.717) is 17.8 Å². The number of likely N-dealkylation sites (tertiary alicyclic amines) is 1. The molecule has 0 bridgehead atoms. The number of fused-ring (bicyclic) bond motifs is 1. The number of aromatic nitrogens is 4. The number of nitrogens with one attached hydrogen (secondary N) is 4. The van der Waals surface area contributed by atoms with Crippen molar-refractivity contribution in [1.82, 2.24) is 35.5 Å². The van der Waals surface area contributed by atoms with Crippen molar-refractivity contribution in [2.24, 2.45) is 23.7 Å². The number of aromatic amines is 2. The van der Waals surface area contributed by atoms with E-state index in [4.69, 9.17) is 19.4 Å². The summed E-state index contributed by atoms with van der Waals surface area (Å²) in [6, 6.07) is 30.2. The van der Waals surface area contributed by atoms with E-state index in [1.807, 2.05) is 32.2 Å². The van der Waals surface area contributed by atoms with Crippen LogP contribution in [0.1, 0.15) is 88.1 Å². The summed E-state index contributed by atoms with van der Waals surface area (Å²) in [5.41, 5.74) is 6.39. The van der Waals surface area contributed by atoms with Gasteiger partial charge in [-0.25, -0.2) is 19.6 Å². The summed E-state index contributed by atoms with van der Waals surface area (Å²) >= 11 is 0. The standard InChI is InChI=1S/C52H56N8O6/c1-30(2)45(58-51(63)65-4)47(61)40-13-9-10-14-41(31(40)3)48-54-27-42(56-48)34-17-15-33(16-18-34)36-19-20-38-25-39(22-21-37(38)24-36)43-28-55-49(57-43)44-23-32(26-53)29-60(44)50(62)46(59-52(64)66-5)35-11-7-6-8-12-35/h6-8,11-12,15-22,24-25,27-28,30-32,40-41,44-46H,9-10,13-14,23,29H2,1-5H3,(H,54,56)(H,55,57)(H,58,63)(H,59,64). The summed E-state index contributed by atoms with van der Waals surface area (Å²) in [6.07, 6.45) is 6.38. The zero-order chi connectivity index (χ0) is 46.5. The number of ketones is 1. The van der Waals surface area contributed by atoms with Crippen LogP contribution in [0.2, 0.25) is 0 Å². The van der Waals surface area contributed by atoms with Gasteiger partial charge in [0.2, 0.25) is 0 Å². The Morgan fingerprint density at radius 1 is 0.758 bits per heavy atom. The maximum Gasteiger partial charge on any atom is 0.407 e. The number of nitriles is 1. The van der Waals surface area contributed by atoms with Crippen molar-refractivity contribution in [2.75, 3.05) is 20.8 Å². The first-order valence-electron chi connectivity index (χ1n) is 22.7. The van der Waals surface area contributed by atoms with Gasteiger partial charge in [0.25, 0.3) is 5.91 Å². The number of hydrogen-bond acceptors (Lipinski definition) is 9. The third kappa shape index (κ3) is 9.56. The number of ether oxygens (including phenoxy) is 2. The fourth-order valence-electron chi connectivity index (χ4n) is 9.77. The molecule has 4 aromatic carbocycles. The molecule has 4 N–H and O–H groups in total. The molecule has 3 heterocycles. The number of hydrogen-bond donors (Lipinski definition) is 4. The summed E-state index contributed by atoms with van der Waals surface area (Å²) < 4.78 is 9.66. The number of alkyl carbamates (subject to hydrolysis) is 2. The zero-order valence-electron chi connectivity index (χ0n) is 37.9. The third-order valence-electron chi connectivity index (χ3n) is 13.5. The van der Waals surface area contributed by atoms with Crippen LogP contribution in [0.3, 0.4) is 0 Å². The van der Waals surface area contributed by atoms with Gasteiger partial charge in [-0.3, -0.25) is 9.59 Å². The molecule has 340 valence electrons. The zero-order valence-corrected chi connectivity index (χ0v) is 37.9. The minimum absolute atomic E-state index is 0.0410. The highest BCUT2D eigenvalue weighted by Gasteiger charge is 2.42. The normalized spacial score (nSPS) is 20.5. The number of carbonyl (C=O) groups excluding carboxylic acids is 4. The number of nitrogens with zero attached hydrogens (tertiary/aromatic N) is 4. The molecule has 1 saturated heterocycles. The van der Waals surface area contributed by atoms with Crippen LogP contribution in [0.5, 0.6) is 0 Å². The second kappa shape index (κ2) is 19.9. The highest BCUT2D eigenvalue weighted by molar-refractivity contribution is 5.91. The molecule has 0 radical (unpaired) electrons. The lowest BCUT2D eigenvalue weighted by molar-refractivity contribution is -0.134. The number of carbonyl (C=O) groups is 4. The molecule has 7 atom stereocenters. The first-order chi connectivity index (χ1) is 32.0. The fraction of sp³-hybridized carbons (Fsp3) is 0.365. The van der Waals surface area contributed by atoms with Crippen molar-refractivity contribution in [3.05, 3.63) is 121 Å². The highest BCUT2D eigenvalue weighted by atomic mass is 16.5. The lowest BCUT2D eigenvalue weighted by atomic mass is 9.76. The van der Waals surface area contributed by atoms with Gasteiger partial charge in [-0.1, -0.05) is 112 Å². The lowest BCUT2D eigenvalue weighted by Gasteiger charge is -2.31. The molecular weight excluding hydrogens is 833 g/mol. The van der Waals surface area contributed by atoms with Gasteiger partial charge in [-0.2, -0.15) is 5.26 Å². The van der Waals surface area contributed by atoms with Crippen LogP contribution in [0, 0.1) is 35.0 Å². The summed E-state index contributed by atoms with van der Waals surface area (Å²) in [5.74, 6) is 0.613.